The Labute approximate surface area is 191 Å². The van der Waals surface area contributed by atoms with Gasteiger partial charge in [-0.1, -0.05) is 96.8 Å². The summed E-state index contributed by atoms with van der Waals surface area (Å²) in [5.41, 5.74) is 0. The fourth-order valence-corrected chi connectivity index (χ4v) is 3.88. The average molecular weight is 443 g/mol. The van der Waals surface area contributed by atoms with Gasteiger partial charge in [0.2, 0.25) is 5.91 Å². The van der Waals surface area contributed by atoms with Gasteiger partial charge in [0.05, 0.1) is 13.2 Å². The Bertz CT molecular complexity index is 418. The van der Waals surface area contributed by atoms with Crippen molar-refractivity contribution in [3.05, 3.63) is 0 Å². The number of nitrogens with one attached hydrogen (secondary N) is 1. The van der Waals surface area contributed by atoms with Gasteiger partial charge >= 0.3 is 5.97 Å². The highest BCUT2D eigenvalue weighted by molar-refractivity contribution is 5.75. The van der Waals surface area contributed by atoms with Gasteiger partial charge in [0.1, 0.15) is 0 Å². The van der Waals surface area contributed by atoms with E-state index >= 15 is 0 Å². The van der Waals surface area contributed by atoms with E-state index in [1.54, 1.807) is 4.90 Å². The lowest BCUT2D eigenvalue weighted by molar-refractivity contribution is -0.138. The quantitative estimate of drug-likeness (QED) is 0.180. The number of aliphatic carboxylic acids is 1. The maximum Gasteiger partial charge on any atom is 0.317 e. The third-order valence-electron chi connectivity index (χ3n) is 5.76. The first kappa shape index (κ1) is 29.9. The summed E-state index contributed by atoms with van der Waals surface area (Å²) in [6.45, 7) is 3.60. The van der Waals surface area contributed by atoms with Crippen LogP contribution in [0.5, 0.6) is 0 Å². The Morgan fingerprint density at radius 1 is 0.710 bits per heavy atom. The number of amides is 1. The van der Waals surface area contributed by atoms with Gasteiger partial charge in [-0.25, -0.2) is 0 Å². The number of hydrogen-bond acceptors (Lipinski definition) is 4. The van der Waals surface area contributed by atoms with Crippen molar-refractivity contribution >= 4 is 11.9 Å². The molecule has 0 aliphatic rings. The summed E-state index contributed by atoms with van der Waals surface area (Å²) in [6.07, 6.45) is 21.1. The van der Waals surface area contributed by atoms with Crippen molar-refractivity contribution in [1.82, 2.24) is 10.2 Å². The molecule has 0 aromatic carbocycles. The predicted molar refractivity (Wildman–Crippen MR) is 128 cm³/mol. The molecule has 0 spiro atoms. The first-order valence-electron chi connectivity index (χ1n) is 12.9. The Morgan fingerprint density at radius 2 is 1.19 bits per heavy atom. The molecule has 0 heterocycles. The van der Waals surface area contributed by atoms with Crippen LogP contribution in [0.2, 0.25) is 0 Å². The standard InChI is InChI=1S/C25H50N2O4/c1-2-3-4-5-6-7-8-9-10-11-12-13-14-15-16-18-24(29)26-19-17-20-27(21-22-28)23-25(30)31/h28H,2-23H2,1H3,(H,26,29)(H,30,31). The summed E-state index contributed by atoms with van der Waals surface area (Å²) in [7, 11) is 0. The van der Waals surface area contributed by atoms with Crippen LogP contribution in [0.1, 0.15) is 116 Å². The number of hydrogen-bond donors (Lipinski definition) is 3. The van der Waals surface area contributed by atoms with Crippen LogP contribution < -0.4 is 5.32 Å². The zero-order chi connectivity index (χ0) is 23.0. The Hall–Kier alpha value is -1.14. The monoisotopic (exact) mass is 442 g/mol. The molecule has 184 valence electrons. The second-order valence-corrected chi connectivity index (χ2v) is 8.80. The zero-order valence-electron chi connectivity index (χ0n) is 20.2. The van der Waals surface area contributed by atoms with Crippen molar-refractivity contribution in [2.45, 2.75) is 116 Å². The normalized spacial score (nSPS) is 11.2. The maximum atomic E-state index is 11.9. The van der Waals surface area contributed by atoms with Crippen molar-refractivity contribution in [3.8, 4) is 0 Å². The van der Waals surface area contributed by atoms with Crippen LogP contribution in [0.15, 0.2) is 0 Å². The fourth-order valence-electron chi connectivity index (χ4n) is 3.88. The van der Waals surface area contributed by atoms with Crippen LogP contribution in [-0.4, -0.2) is 59.8 Å². The summed E-state index contributed by atoms with van der Waals surface area (Å²) in [6, 6.07) is 0. The first-order valence-corrected chi connectivity index (χ1v) is 12.9. The van der Waals surface area contributed by atoms with Gasteiger partial charge < -0.3 is 15.5 Å². The Kier molecular flexibility index (Phi) is 22.7. The summed E-state index contributed by atoms with van der Waals surface area (Å²) in [4.78, 5) is 24.3. The first-order chi connectivity index (χ1) is 15.1. The van der Waals surface area contributed by atoms with Gasteiger partial charge in [0.25, 0.3) is 0 Å². The molecule has 31 heavy (non-hydrogen) atoms. The van der Waals surface area contributed by atoms with Gasteiger partial charge in [-0.05, 0) is 12.8 Å². The number of unbranched alkanes of at least 4 members (excludes halogenated alkanes) is 14. The molecule has 3 N–H and O–H groups in total. The van der Waals surface area contributed by atoms with E-state index in [1.165, 1.54) is 83.5 Å². The number of aliphatic hydroxyl groups is 1. The molecular formula is C25H50N2O4. The molecule has 0 saturated heterocycles. The average Bonchev–Trinajstić information content (AvgIpc) is 2.73. The molecule has 0 radical (unpaired) electrons. The molecular weight excluding hydrogens is 392 g/mol. The summed E-state index contributed by atoms with van der Waals surface area (Å²) in [5, 5.41) is 20.7. The molecule has 6 heteroatoms. The highest BCUT2D eigenvalue weighted by Gasteiger charge is 2.08. The summed E-state index contributed by atoms with van der Waals surface area (Å²) >= 11 is 0. The second kappa shape index (κ2) is 23.5. The molecule has 0 aliphatic carbocycles. The highest BCUT2D eigenvalue weighted by Crippen LogP contribution is 2.13. The lowest BCUT2D eigenvalue weighted by Gasteiger charge is -2.18. The van der Waals surface area contributed by atoms with Crippen molar-refractivity contribution in [2.24, 2.45) is 0 Å². The fraction of sp³-hybridized carbons (Fsp3) is 0.920. The van der Waals surface area contributed by atoms with Crippen LogP contribution >= 0.6 is 0 Å². The van der Waals surface area contributed by atoms with Gasteiger partial charge in [-0.2, -0.15) is 0 Å². The number of carbonyl (C=O) groups is 2. The van der Waals surface area contributed by atoms with Crippen molar-refractivity contribution in [2.75, 3.05) is 32.8 Å². The number of carboxylic acid groups (broad SMARTS) is 1. The van der Waals surface area contributed by atoms with E-state index < -0.39 is 5.97 Å². The highest BCUT2D eigenvalue weighted by atomic mass is 16.4. The van der Waals surface area contributed by atoms with E-state index in [2.05, 4.69) is 12.2 Å². The van der Waals surface area contributed by atoms with Crippen molar-refractivity contribution < 1.29 is 19.8 Å². The number of aliphatic hydroxyl groups excluding tert-OH is 1. The maximum absolute atomic E-state index is 11.9. The van der Waals surface area contributed by atoms with Crippen LogP contribution in [0.4, 0.5) is 0 Å². The Balaban J connectivity index is 3.34. The largest absolute Gasteiger partial charge is 0.480 e. The Morgan fingerprint density at radius 3 is 1.65 bits per heavy atom. The number of carboxylic acids is 1. The molecule has 0 fully saturated rings. The van der Waals surface area contributed by atoms with Crippen molar-refractivity contribution in [1.29, 1.82) is 0 Å². The minimum atomic E-state index is -0.898. The number of rotatable bonds is 24. The predicted octanol–water partition coefficient (Wildman–Crippen LogP) is 5.13. The minimum absolute atomic E-state index is 0.0567. The van der Waals surface area contributed by atoms with E-state index in [9.17, 15) is 9.59 Å². The molecule has 6 nitrogen and oxygen atoms in total. The lowest BCUT2D eigenvalue weighted by Crippen LogP contribution is -2.35. The van der Waals surface area contributed by atoms with Gasteiger partial charge in [0.15, 0.2) is 0 Å². The van der Waals surface area contributed by atoms with Crippen LogP contribution in [0.25, 0.3) is 0 Å². The van der Waals surface area contributed by atoms with Crippen molar-refractivity contribution in [3.63, 3.8) is 0 Å². The summed E-state index contributed by atoms with van der Waals surface area (Å²) in [5.74, 6) is -0.813. The number of carbonyl (C=O) groups excluding carboxylic acids is 1. The molecule has 0 saturated carbocycles. The second-order valence-electron chi connectivity index (χ2n) is 8.80. The molecule has 0 aromatic rings. The molecule has 0 aromatic heterocycles. The third-order valence-corrected chi connectivity index (χ3v) is 5.76. The van der Waals surface area contributed by atoms with E-state index in [0.717, 1.165) is 12.8 Å². The van der Waals surface area contributed by atoms with E-state index in [4.69, 9.17) is 10.2 Å². The van der Waals surface area contributed by atoms with Gasteiger partial charge in [-0.15, -0.1) is 0 Å². The molecule has 0 rings (SSSR count). The number of nitrogens with zero attached hydrogens (tertiary/aromatic N) is 1. The van der Waals surface area contributed by atoms with E-state index in [1.807, 2.05) is 0 Å². The molecule has 0 unspecified atom stereocenters. The lowest BCUT2D eigenvalue weighted by atomic mass is 10.0. The van der Waals surface area contributed by atoms with E-state index in [-0.39, 0.29) is 19.1 Å². The molecule has 0 atom stereocenters. The van der Waals surface area contributed by atoms with Gasteiger partial charge in [0, 0.05) is 26.1 Å². The van der Waals surface area contributed by atoms with Crippen LogP contribution in [0.3, 0.4) is 0 Å². The van der Waals surface area contributed by atoms with E-state index in [0.29, 0.717) is 32.5 Å². The van der Waals surface area contributed by atoms with Crippen LogP contribution in [-0.2, 0) is 9.59 Å². The molecule has 0 aliphatic heterocycles. The zero-order valence-corrected chi connectivity index (χ0v) is 20.2. The molecule has 0 bridgehead atoms. The topological polar surface area (TPSA) is 89.9 Å². The molecule has 1 amide bonds. The smallest absolute Gasteiger partial charge is 0.317 e. The van der Waals surface area contributed by atoms with Gasteiger partial charge in [-0.3, -0.25) is 14.5 Å². The van der Waals surface area contributed by atoms with Crippen LogP contribution in [0, 0.1) is 0 Å². The third kappa shape index (κ3) is 23.4. The summed E-state index contributed by atoms with van der Waals surface area (Å²) < 4.78 is 0. The minimum Gasteiger partial charge on any atom is -0.480 e. The SMILES string of the molecule is CCCCCCCCCCCCCCCCCC(=O)NCCCN(CCO)CC(=O)O.